The van der Waals surface area contributed by atoms with Gasteiger partial charge in [0.2, 0.25) is 11.6 Å². The van der Waals surface area contributed by atoms with Crippen molar-refractivity contribution in [2.45, 2.75) is 19.3 Å². The minimum absolute atomic E-state index is 0.111. The molecule has 1 heterocycles. The van der Waals surface area contributed by atoms with Crippen molar-refractivity contribution in [3.8, 4) is 0 Å². The Morgan fingerprint density at radius 3 is 2.25 bits per heavy atom. The quantitative estimate of drug-likeness (QED) is 0.848. The zero-order valence-electron chi connectivity index (χ0n) is 15.3. The van der Waals surface area contributed by atoms with E-state index in [1.807, 2.05) is 4.90 Å². The summed E-state index contributed by atoms with van der Waals surface area (Å²) in [4.78, 5) is 39.7. The number of nitrogens with zero attached hydrogens (tertiary/aromatic N) is 1. The third-order valence-corrected chi connectivity index (χ3v) is 5.15. The van der Waals surface area contributed by atoms with Crippen LogP contribution >= 0.6 is 0 Å². The number of anilines is 1. The molecule has 0 unspecified atom stereocenters. The second-order valence-electron chi connectivity index (χ2n) is 6.99. The van der Waals surface area contributed by atoms with Crippen molar-refractivity contribution in [3.05, 3.63) is 76.6 Å². The molecule has 2 N–H and O–H groups in total. The van der Waals surface area contributed by atoms with Crippen LogP contribution < -0.4 is 5.32 Å². The van der Waals surface area contributed by atoms with Crippen LogP contribution in [0.25, 0.3) is 0 Å². The first kappa shape index (κ1) is 18.0. The van der Waals surface area contributed by atoms with Gasteiger partial charge in [-0.05, 0) is 37.5 Å². The van der Waals surface area contributed by atoms with E-state index in [0.29, 0.717) is 22.5 Å². The molecule has 142 valence electrons. The summed E-state index contributed by atoms with van der Waals surface area (Å²) in [5.41, 5.74) is 1.95. The first-order valence-electron chi connectivity index (χ1n) is 9.34. The largest absolute Gasteiger partial charge is 0.478 e. The van der Waals surface area contributed by atoms with Gasteiger partial charge in [0.1, 0.15) is 11.4 Å². The molecule has 28 heavy (non-hydrogen) atoms. The number of hydrogen-bond acceptors (Lipinski definition) is 5. The molecule has 2 aromatic carbocycles. The normalized spacial score (nSPS) is 16.8. The van der Waals surface area contributed by atoms with E-state index in [1.165, 1.54) is 12.1 Å². The number of carboxylic acid groups (broad SMARTS) is 1. The third kappa shape index (κ3) is 3.17. The summed E-state index contributed by atoms with van der Waals surface area (Å²) < 4.78 is 0. The fraction of sp³-hybridized carbons (Fsp3) is 0.227. The van der Waals surface area contributed by atoms with E-state index in [9.17, 15) is 19.5 Å². The van der Waals surface area contributed by atoms with Crippen LogP contribution in [0.4, 0.5) is 5.69 Å². The maximum atomic E-state index is 13.3. The van der Waals surface area contributed by atoms with Gasteiger partial charge in [-0.15, -0.1) is 0 Å². The van der Waals surface area contributed by atoms with E-state index < -0.39 is 5.97 Å². The number of aromatic carboxylic acids is 1. The number of hydrogen-bond donors (Lipinski definition) is 2. The summed E-state index contributed by atoms with van der Waals surface area (Å²) in [5, 5.41) is 12.3. The van der Waals surface area contributed by atoms with Crippen LogP contribution in [-0.2, 0) is 0 Å². The lowest BCUT2D eigenvalue weighted by Crippen LogP contribution is -2.39. The Morgan fingerprint density at radius 2 is 1.57 bits per heavy atom. The highest BCUT2D eigenvalue weighted by Crippen LogP contribution is 2.31. The van der Waals surface area contributed by atoms with Crippen LogP contribution in [-0.4, -0.2) is 40.6 Å². The molecular weight excluding hydrogens is 356 g/mol. The number of benzene rings is 2. The molecule has 1 fully saturated rings. The van der Waals surface area contributed by atoms with E-state index in [0.717, 1.165) is 32.4 Å². The number of carboxylic acids is 1. The molecule has 1 saturated heterocycles. The van der Waals surface area contributed by atoms with Gasteiger partial charge < -0.3 is 15.3 Å². The van der Waals surface area contributed by atoms with Gasteiger partial charge in [-0.2, -0.15) is 0 Å². The Kier molecular flexibility index (Phi) is 4.69. The lowest BCUT2D eigenvalue weighted by atomic mass is 9.89. The van der Waals surface area contributed by atoms with Gasteiger partial charge in [0, 0.05) is 29.9 Å². The predicted molar refractivity (Wildman–Crippen MR) is 105 cm³/mol. The SMILES string of the molecule is O=C(O)c1cccc(NC2=C(N3CCCCC3)C(=O)c3ccccc3C2=O)c1. The van der Waals surface area contributed by atoms with E-state index in [1.54, 1.807) is 36.4 Å². The molecular formula is C22H20N2O4. The van der Waals surface area contributed by atoms with Crippen molar-refractivity contribution in [1.82, 2.24) is 4.90 Å². The summed E-state index contributed by atoms with van der Waals surface area (Å²) in [7, 11) is 0. The van der Waals surface area contributed by atoms with Crippen LogP contribution in [0, 0.1) is 0 Å². The van der Waals surface area contributed by atoms with Gasteiger partial charge >= 0.3 is 5.97 Å². The highest BCUT2D eigenvalue weighted by molar-refractivity contribution is 6.27. The zero-order chi connectivity index (χ0) is 19.7. The number of carbonyl (C=O) groups is 3. The number of Topliss-reactive ketones (excluding diaryl/α,β-unsaturated/α-hetero) is 2. The monoisotopic (exact) mass is 376 g/mol. The van der Waals surface area contributed by atoms with Crippen molar-refractivity contribution in [2.24, 2.45) is 0 Å². The molecule has 1 aliphatic carbocycles. The lowest BCUT2D eigenvalue weighted by Gasteiger charge is -2.34. The fourth-order valence-electron chi connectivity index (χ4n) is 3.77. The fourth-order valence-corrected chi connectivity index (χ4v) is 3.77. The summed E-state index contributed by atoms with van der Waals surface area (Å²) in [6.45, 7) is 1.44. The van der Waals surface area contributed by atoms with Crippen LogP contribution in [0.1, 0.15) is 50.3 Å². The molecule has 0 atom stereocenters. The average Bonchev–Trinajstić information content (AvgIpc) is 2.73. The molecule has 2 aromatic rings. The molecule has 0 saturated carbocycles. The number of fused-ring (bicyclic) bond motifs is 1. The average molecular weight is 376 g/mol. The van der Waals surface area contributed by atoms with Crippen LogP contribution in [0.3, 0.4) is 0 Å². The van der Waals surface area contributed by atoms with Gasteiger partial charge in [0.05, 0.1) is 5.56 Å². The highest BCUT2D eigenvalue weighted by Gasteiger charge is 2.35. The molecule has 2 aliphatic rings. The molecule has 0 amide bonds. The molecule has 4 rings (SSSR count). The summed E-state index contributed by atoms with van der Waals surface area (Å²) >= 11 is 0. The number of piperidine rings is 1. The van der Waals surface area contributed by atoms with Gasteiger partial charge in [0.15, 0.2) is 0 Å². The molecule has 0 bridgehead atoms. The first-order valence-corrected chi connectivity index (χ1v) is 9.34. The van der Waals surface area contributed by atoms with Crippen LogP contribution in [0.15, 0.2) is 59.9 Å². The number of ketones is 2. The van der Waals surface area contributed by atoms with Gasteiger partial charge in [-0.1, -0.05) is 30.3 Å². The summed E-state index contributed by atoms with van der Waals surface area (Å²) in [6, 6.07) is 13.1. The molecule has 1 aliphatic heterocycles. The Bertz CT molecular complexity index is 1000. The standard InChI is InChI=1S/C22H20N2O4/c25-20-16-9-2-3-10-17(16)21(26)19(24-11-4-1-5-12-24)18(20)23-15-8-6-7-14(13-15)22(27)28/h2-3,6-10,13,23H,1,4-5,11-12H2,(H,27,28). The first-order chi connectivity index (χ1) is 13.6. The Labute approximate surface area is 162 Å². The van der Waals surface area contributed by atoms with Gasteiger partial charge in [-0.3, -0.25) is 9.59 Å². The van der Waals surface area contributed by atoms with Crippen molar-refractivity contribution >= 4 is 23.2 Å². The molecule has 0 spiro atoms. The minimum Gasteiger partial charge on any atom is -0.478 e. The highest BCUT2D eigenvalue weighted by atomic mass is 16.4. The van der Waals surface area contributed by atoms with Crippen molar-refractivity contribution < 1.29 is 19.5 Å². The van der Waals surface area contributed by atoms with Crippen molar-refractivity contribution in [1.29, 1.82) is 0 Å². The van der Waals surface area contributed by atoms with Crippen LogP contribution in [0.2, 0.25) is 0 Å². The number of allylic oxidation sites excluding steroid dienone is 2. The third-order valence-electron chi connectivity index (χ3n) is 5.15. The van der Waals surface area contributed by atoms with Crippen molar-refractivity contribution in [2.75, 3.05) is 18.4 Å². The smallest absolute Gasteiger partial charge is 0.335 e. The zero-order valence-corrected chi connectivity index (χ0v) is 15.3. The maximum absolute atomic E-state index is 13.3. The maximum Gasteiger partial charge on any atom is 0.335 e. The van der Waals surface area contributed by atoms with Crippen molar-refractivity contribution in [3.63, 3.8) is 0 Å². The van der Waals surface area contributed by atoms with E-state index in [2.05, 4.69) is 5.32 Å². The van der Waals surface area contributed by atoms with Gasteiger partial charge in [0.25, 0.3) is 0 Å². The van der Waals surface area contributed by atoms with E-state index in [4.69, 9.17) is 0 Å². The topological polar surface area (TPSA) is 86.7 Å². The molecule has 6 nitrogen and oxygen atoms in total. The summed E-state index contributed by atoms with van der Waals surface area (Å²) in [6.07, 6.45) is 3.04. The lowest BCUT2D eigenvalue weighted by molar-refractivity contribution is 0.0696. The minimum atomic E-state index is -1.05. The second-order valence-corrected chi connectivity index (χ2v) is 6.99. The number of carbonyl (C=O) groups excluding carboxylic acids is 2. The van der Waals surface area contributed by atoms with Gasteiger partial charge in [-0.25, -0.2) is 4.79 Å². The predicted octanol–water partition coefficient (Wildman–Crippen LogP) is 3.57. The Hall–Kier alpha value is -3.41. The van der Waals surface area contributed by atoms with Crippen LogP contribution in [0.5, 0.6) is 0 Å². The number of likely N-dealkylation sites (tertiary alicyclic amines) is 1. The second kappa shape index (κ2) is 7.31. The number of rotatable bonds is 4. The molecule has 6 heteroatoms. The molecule has 0 radical (unpaired) electrons. The van der Waals surface area contributed by atoms with E-state index >= 15 is 0 Å². The Balaban J connectivity index is 1.81. The Morgan fingerprint density at radius 1 is 0.893 bits per heavy atom. The molecule has 0 aromatic heterocycles. The number of nitrogens with one attached hydrogen (secondary N) is 1. The van der Waals surface area contributed by atoms with E-state index in [-0.39, 0.29) is 22.8 Å². The summed E-state index contributed by atoms with van der Waals surface area (Å²) in [5.74, 6) is -1.48.